The maximum atomic E-state index is 12.7. The number of urea groups is 1. The highest BCUT2D eigenvalue weighted by atomic mass is 16.5. The second kappa shape index (κ2) is 9.82. The maximum absolute atomic E-state index is 12.7. The third kappa shape index (κ3) is 5.74. The minimum absolute atomic E-state index is 0.00443. The van der Waals surface area contributed by atoms with Gasteiger partial charge in [-0.3, -0.25) is 4.90 Å². The Morgan fingerprint density at radius 3 is 2.47 bits per heavy atom. The minimum Gasteiger partial charge on any atom is -0.493 e. The van der Waals surface area contributed by atoms with Crippen LogP contribution in [0.5, 0.6) is 11.5 Å². The van der Waals surface area contributed by atoms with E-state index in [0.29, 0.717) is 5.75 Å². The molecule has 0 spiro atoms. The highest BCUT2D eigenvalue weighted by molar-refractivity contribution is 5.75. The lowest BCUT2D eigenvalue weighted by molar-refractivity contribution is 0.142. The van der Waals surface area contributed by atoms with Gasteiger partial charge in [-0.2, -0.15) is 0 Å². The zero-order valence-electron chi connectivity index (χ0n) is 20.4. The van der Waals surface area contributed by atoms with Gasteiger partial charge in [0.05, 0.1) is 20.3 Å². The van der Waals surface area contributed by atoms with Gasteiger partial charge < -0.3 is 20.1 Å². The molecule has 0 radical (unpaired) electrons. The summed E-state index contributed by atoms with van der Waals surface area (Å²) in [5.74, 6) is 1.45. The van der Waals surface area contributed by atoms with Crippen molar-refractivity contribution < 1.29 is 14.3 Å². The Balaban J connectivity index is 1.96. The fourth-order valence-electron chi connectivity index (χ4n) is 4.50. The monoisotopic (exact) mass is 439 g/mol. The van der Waals surface area contributed by atoms with Gasteiger partial charge in [-0.25, -0.2) is 4.79 Å². The predicted molar refractivity (Wildman–Crippen MR) is 128 cm³/mol. The second-order valence-corrected chi connectivity index (χ2v) is 9.70. The van der Waals surface area contributed by atoms with E-state index in [4.69, 9.17) is 9.47 Å². The number of hydrogen-bond acceptors (Lipinski definition) is 4. The van der Waals surface area contributed by atoms with E-state index < -0.39 is 0 Å². The van der Waals surface area contributed by atoms with Crippen LogP contribution >= 0.6 is 0 Å². The molecular formula is C26H37N3O3. The van der Waals surface area contributed by atoms with E-state index in [-0.39, 0.29) is 23.7 Å². The van der Waals surface area contributed by atoms with Gasteiger partial charge >= 0.3 is 6.03 Å². The van der Waals surface area contributed by atoms with Crippen LogP contribution in [0, 0.1) is 6.92 Å². The van der Waals surface area contributed by atoms with Gasteiger partial charge in [0.25, 0.3) is 0 Å². The van der Waals surface area contributed by atoms with Crippen molar-refractivity contribution in [2.24, 2.45) is 0 Å². The van der Waals surface area contributed by atoms with Crippen LogP contribution in [0.15, 0.2) is 36.4 Å². The molecule has 2 amide bonds. The smallest absolute Gasteiger partial charge is 0.315 e. The van der Waals surface area contributed by atoms with Crippen LogP contribution in [-0.4, -0.2) is 43.3 Å². The molecule has 2 atom stereocenters. The quantitative estimate of drug-likeness (QED) is 0.691. The van der Waals surface area contributed by atoms with Crippen molar-refractivity contribution in [3.8, 4) is 11.5 Å². The Hall–Kier alpha value is -2.73. The molecule has 6 nitrogen and oxygen atoms in total. The van der Waals surface area contributed by atoms with Crippen LogP contribution in [-0.2, 0) is 13.0 Å². The Labute approximate surface area is 192 Å². The fraction of sp³-hybridized carbons (Fsp3) is 0.500. The second-order valence-electron chi connectivity index (χ2n) is 9.70. The Morgan fingerprint density at radius 1 is 1.16 bits per heavy atom. The Kier molecular flexibility index (Phi) is 7.34. The fourth-order valence-corrected chi connectivity index (χ4v) is 4.50. The molecule has 0 saturated heterocycles. The highest BCUT2D eigenvalue weighted by Gasteiger charge is 2.34. The van der Waals surface area contributed by atoms with Crippen molar-refractivity contribution in [1.82, 2.24) is 15.5 Å². The van der Waals surface area contributed by atoms with E-state index >= 15 is 0 Å². The first-order chi connectivity index (χ1) is 15.1. The summed E-state index contributed by atoms with van der Waals surface area (Å²) in [4.78, 5) is 15.1. The first-order valence-electron chi connectivity index (χ1n) is 11.2. The molecule has 32 heavy (non-hydrogen) atoms. The average molecular weight is 440 g/mol. The SMILES string of the molecule is COc1cc2c(cc1OC)[C@@H]([C@@H](C)NC(=O)NC(C)(C)C)N(Cc1cccc(C)c1)CC2. The Bertz CT molecular complexity index is 952. The van der Waals surface area contributed by atoms with Crippen LogP contribution in [0.3, 0.4) is 0 Å². The van der Waals surface area contributed by atoms with E-state index in [1.807, 2.05) is 20.8 Å². The van der Waals surface area contributed by atoms with Gasteiger partial charge in [0.2, 0.25) is 0 Å². The molecule has 0 unspecified atom stereocenters. The van der Waals surface area contributed by atoms with Gasteiger partial charge in [0, 0.05) is 24.7 Å². The molecule has 2 N–H and O–H groups in total. The molecule has 0 aromatic heterocycles. The van der Waals surface area contributed by atoms with Gasteiger partial charge in [-0.15, -0.1) is 0 Å². The minimum atomic E-state index is -0.299. The zero-order chi connectivity index (χ0) is 23.5. The van der Waals surface area contributed by atoms with Crippen LogP contribution in [0.25, 0.3) is 0 Å². The first-order valence-corrected chi connectivity index (χ1v) is 11.2. The number of ether oxygens (including phenoxy) is 2. The van der Waals surface area contributed by atoms with Gasteiger partial charge in [0.15, 0.2) is 11.5 Å². The van der Waals surface area contributed by atoms with E-state index in [1.165, 1.54) is 22.3 Å². The number of benzene rings is 2. The number of hydrogen-bond donors (Lipinski definition) is 2. The molecule has 3 rings (SSSR count). The number of methoxy groups -OCH3 is 2. The van der Waals surface area contributed by atoms with Crippen LogP contribution in [0.1, 0.15) is 56.0 Å². The van der Waals surface area contributed by atoms with Crippen LogP contribution < -0.4 is 20.1 Å². The van der Waals surface area contributed by atoms with Gasteiger partial charge in [-0.05, 0) is 69.9 Å². The highest BCUT2D eigenvalue weighted by Crippen LogP contribution is 2.40. The molecule has 0 saturated carbocycles. The summed E-state index contributed by atoms with van der Waals surface area (Å²) in [5.41, 5.74) is 4.62. The molecular weight excluding hydrogens is 402 g/mol. The normalized spacial score (nSPS) is 17.3. The number of nitrogens with zero attached hydrogens (tertiary/aromatic N) is 1. The number of fused-ring (bicyclic) bond motifs is 1. The Morgan fingerprint density at radius 2 is 1.84 bits per heavy atom. The van der Waals surface area contributed by atoms with Crippen molar-refractivity contribution in [2.75, 3.05) is 20.8 Å². The molecule has 6 heteroatoms. The van der Waals surface area contributed by atoms with Crippen molar-refractivity contribution in [3.63, 3.8) is 0 Å². The van der Waals surface area contributed by atoms with Crippen molar-refractivity contribution in [3.05, 3.63) is 58.7 Å². The van der Waals surface area contributed by atoms with E-state index in [1.54, 1.807) is 14.2 Å². The molecule has 2 aromatic rings. The summed E-state index contributed by atoms with van der Waals surface area (Å²) in [6.07, 6.45) is 0.916. The summed E-state index contributed by atoms with van der Waals surface area (Å²) in [6.45, 7) is 11.8. The van der Waals surface area contributed by atoms with E-state index in [0.717, 1.165) is 25.3 Å². The largest absolute Gasteiger partial charge is 0.493 e. The molecule has 1 aliphatic heterocycles. The third-order valence-electron chi connectivity index (χ3n) is 5.81. The molecule has 174 valence electrons. The topological polar surface area (TPSA) is 62.8 Å². The number of carbonyl (C=O) groups excluding carboxylic acids is 1. The number of rotatable bonds is 6. The number of amides is 2. The molecule has 1 aliphatic rings. The molecule has 0 fully saturated rings. The lowest BCUT2D eigenvalue weighted by Crippen LogP contribution is -2.53. The van der Waals surface area contributed by atoms with E-state index in [2.05, 4.69) is 65.8 Å². The molecule has 2 aromatic carbocycles. The van der Waals surface area contributed by atoms with Crippen molar-refractivity contribution in [2.45, 2.75) is 65.2 Å². The summed E-state index contributed by atoms with van der Waals surface area (Å²) in [5, 5.41) is 6.19. The molecule has 1 heterocycles. The standard InChI is InChI=1S/C26H37N3O3/c1-17-9-8-10-19(13-17)16-29-12-11-20-14-22(31-6)23(32-7)15-21(20)24(29)18(2)27-25(30)28-26(3,4)5/h8-10,13-15,18,24H,11-12,16H2,1-7H3,(H2,27,28,30)/t18-,24-/m1/s1. The lowest BCUT2D eigenvalue weighted by Gasteiger charge is -2.41. The summed E-state index contributed by atoms with van der Waals surface area (Å²) in [7, 11) is 3.32. The predicted octanol–water partition coefficient (Wildman–Crippen LogP) is 4.60. The van der Waals surface area contributed by atoms with Gasteiger partial charge in [-0.1, -0.05) is 29.8 Å². The number of carbonyl (C=O) groups is 1. The molecule has 0 aliphatic carbocycles. The summed E-state index contributed by atoms with van der Waals surface area (Å²) >= 11 is 0. The van der Waals surface area contributed by atoms with Gasteiger partial charge in [0.1, 0.15) is 0 Å². The zero-order valence-corrected chi connectivity index (χ0v) is 20.4. The molecule has 0 bridgehead atoms. The van der Waals surface area contributed by atoms with Crippen LogP contribution in [0.4, 0.5) is 4.79 Å². The lowest BCUT2D eigenvalue weighted by atomic mass is 9.87. The third-order valence-corrected chi connectivity index (χ3v) is 5.81. The van der Waals surface area contributed by atoms with E-state index in [9.17, 15) is 4.79 Å². The average Bonchev–Trinajstić information content (AvgIpc) is 2.71. The number of aryl methyl sites for hydroxylation is 1. The number of nitrogens with one attached hydrogen (secondary N) is 2. The maximum Gasteiger partial charge on any atom is 0.315 e. The summed E-state index contributed by atoms with van der Waals surface area (Å²) in [6, 6.07) is 12.5. The van der Waals surface area contributed by atoms with Crippen LogP contribution in [0.2, 0.25) is 0 Å². The first kappa shape index (κ1) is 23.9. The van der Waals surface area contributed by atoms with Crippen molar-refractivity contribution >= 4 is 6.03 Å². The summed E-state index contributed by atoms with van der Waals surface area (Å²) < 4.78 is 11.1. The van der Waals surface area contributed by atoms with Crippen molar-refractivity contribution in [1.29, 1.82) is 0 Å².